The Morgan fingerprint density at radius 2 is 1.48 bits per heavy atom. The first kappa shape index (κ1) is 40.7. The standard InChI is InChI=1S/C36H71NO5/c1-14-17-21-30(15-2)26-35(12,16-3)41-31(38)22-19-18-20-23-34(10,11)42-32(39)37-24-25-40-29(6)36(13,28(4)5)27-33(7,8)9/h28-30H,14-27H2,1-13H3,(H,37,39). The first-order valence-corrected chi connectivity index (χ1v) is 17.1. The number of amides is 1. The Balaban J connectivity index is 4.41. The molecular weight excluding hydrogens is 526 g/mol. The number of rotatable bonds is 22. The fraction of sp³-hybridized carbons (Fsp3) is 0.944. The zero-order chi connectivity index (χ0) is 32.6. The summed E-state index contributed by atoms with van der Waals surface area (Å²) in [6.45, 7) is 29.2. The molecule has 0 aliphatic heterocycles. The molecule has 0 heterocycles. The Morgan fingerprint density at radius 3 is 2.00 bits per heavy atom. The first-order chi connectivity index (χ1) is 19.3. The lowest BCUT2D eigenvalue weighted by Gasteiger charge is -2.43. The van der Waals surface area contributed by atoms with Gasteiger partial charge in [0, 0.05) is 13.0 Å². The van der Waals surface area contributed by atoms with E-state index in [1.807, 2.05) is 13.8 Å². The molecule has 0 fully saturated rings. The highest BCUT2D eigenvalue weighted by atomic mass is 16.6. The molecule has 1 N–H and O–H groups in total. The van der Waals surface area contributed by atoms with Crippen molar-refractivity contribution in [3.63, 3.8) is 0 Å². The molecule has 0 aromatic heterocycles. The molecule has 42 heavy (non-hydrogen) atoms. The fourth-order valence-electron chi connectivity index (χ4n) is 6.01. The van der Waals surface area contributed by atoms with E-state index >= 15 is 0 Å². The van der Waals surface area contributed by atoms with E-state index in [1.54, 1.807) is 0 Å². The minimum absolute atomic E-state index is 0.0551. The highest BCUT2D eigenvalue weighted by Gasteiger charge is 2.38. The maximum Gasteiger partial charge on any atom is 0.407 e. The van der Waals surface area contributed by atoms with Crippen LogP contribution >= 0.6 is 0 Å². The lowest BCUT2D eigenvalue weighted by Crippen LogP contribution is -2.42. The van der Waals surface area contributed by atoms with E-state index in [0.717, 1.165) is 51.4 Å². The van der Waals surface area contributed by atoms with E-state index < -0.39 is 11.7 Å². The summed E-state index contributed by atoms with van der Waals surface area (Å²) < 4.78 is 17.9. The highest BCUT2D eigenvalue weighted by Crippen LogP contribution is 2.43. The van der Waals surface area contributed by atoms with Crippen molar-refractivity contribution in [3.8, 4) is 0 Å². The topological polar surface area (TPSA) is 73.9 Å². The summed E-state index contributed by atoms with van der Waals surface area (Å²) in [5.74, 6) is 1.00. The number of esters is 1. The van der Waals surface area contributed by atoms with E-state index in [2.05, 4.69) is 81.5 Å². The number of ether oxygens (including phenoxy) is 3. The third-order valence-electron chi connectivity index (χ3n) is 9.30. The highest BCUT2D eigenvalue weighted by molar-refractivity contribution is 5.69. The Hall–Kier alpha value is -1.30. The quantitative estimate of drug-likeness (QED) is 0.0992. The summed E-state index contributed by atoms with van der Waals surface area (Å²) in [6.07, 6.45) is 11.0. The Labute approximate surface area is 261 Å². The van der Waals surface area contributed by atoms with Gasteiger partial charge < -0.3 is 19.5 Å². The van der Waals surface area contributed by atoms with E-state index in [9.17, 15) is 9.59 Å². The molecule has 4 unspecified atom stereocenters. The van der Waals surface area contributed by atoms with Gasteiger partial charge >= 0.3 is 12.1 Å². The number of hydrogen-bond acceptors (Lipinski definition) is 5. The SMILES string of the molecule is CCCCC(CC)CC(C)(CC)OC(=O)CCCCCC(C)(C)OC(=O)NCCOC(C)C(C)(CC(C)(C)C)C(C)C. The third kappa shape index (κ3) is 17.1. The second-order valence-electron chi connectivity index (χ2n) is 15.4. The lowest BCUT2D eigenvalue weighted by atomic mass is 9.66. The van der Waals surface area contributed by atoms with Crippen molar-refractivity contribution < 1.29 is 23.8 Å². The molecule has 0 aliphatic rings. The maximum atomic E-state index is 12.6. The van der Waals surface area contributed by atoms with Gasteiger partial charge in [0.2, 0.25) is 0 Å². The van der Waals surface area contributed by atoms with Crippen molar-refractivity contribution >= 4 is 12.1 Å². The average Bonchev–Trinajstić information content (AvgIpc) is 2.87. The average molecular weight is 598 g/mol. The molecule has 6 nitrogen and oxygen atoms in total. The van der Waals surface area contributed by atoms with Crippen LogP contribution in [0.15, 0.2) is 0 Å². The number of hydrogen-bond donors (Lipinski definition) is 1. The lowest BCUT2D eigenvalue weighted by molar-refractivity contribution is -0.160. The third-order valence-corrected chi connectivity index (χ3v) is 9.30. The fourth-order valence-corrected chi connectivity index (χ4v) is 6.01. The first-order valence-electron chi connectivity index (χ1n) is 17.1. The molecule has 0 bridgehead atoms. The molecule has 6 heteroatoms. The van der Waals surface area contributed by atoms with Crippen molar-refractivity contribution in [1.82, 2.24) is 5.32 Å². The molecule has 0 saturated carbocycles. The van der Waals surface area contributed by atoms with Gasteiger partial charge in [-0.2, -0.15) is 0 Å². The normalized spacial score (nSPS) is 16.8. The smallest absolute Gasteiger partial charge is 0.407 e. The van der Waals surface area contributed by atoms with E-state index in [4.69, 9.17) is 14.2 Å². The van der Waals surface area contributed by atoms with Gasteiger partial charge in [-0.05, 0) is 88.9 Å². The monoisotopic (exact) mass is 598 g/mol. The van der Waals surface area contributed by atoms with Crippen LogP contribution in [0.25, 0.3) is 0 Å². The van der Waals surface area contributed by atoms with Gasteiger partial charge in [-0.15, -0.1) is 0 Å². The Kier molecular flexibility index (Phi) is 18.6. The molecule has 0 aliphatic carbocycles. The number of nitrogens with one attached hydrogen (secondary N) is 1. The summed E-state index contributed by atoms with van der Waals surface area (Å²) in [7, 11) is 0. The largest absolute Gasteiger partial charge is 0.459 e. The van der Waals surface area contributed by atoms with Crippen molar-refractivity contribution in [2.45, 2.75) is 184 Å². The number of alkyl carbamates (subject to hydrolysis) is 1. The van der Waals surface area contributed by atoms with Gasteiger partial charge in [0.25, 0.3) is 0 Å². The van der Waals surface area contributed by atoms with Crippen LogP contribution in [-0.2, 0) is 19.0 Å². The van der Waals surface area contributed by atoms with Crippen molar-refractivity contribution in [3.05, 3.63) is 0 Å². The minimum atomic E-state index is -0.573. The molecule has 0 aromatic carbocycles. The summed E-state index contributed by atoms with van der Waals surface area (Å²) in [5.41, 5.74) is -0.677. The van der Waals surface area contributed by atoms with Crippen LogP contribution < -0.4 is 5.32 Å². The van der Waals surface area contributed by atoms with Crippen molar-refractivity contribution in [1.29, 1.82) is 0 Å². The van der Waals surface area contributed by atoms with Crippen LogP contribution in [-0.4, -0.2) is 42.5 Å². The molecule has 0 spiro atoms. The van der Waals surface area contributed by atoms with Gasteiger partial charge in [0.15, 0.2) is 0 Å². The van der Waals surface area contributed by atoms with E-state index in [1.165, 1.54) is 19.3 Å². The molecule has 0 saturated heterocycles. The summed E-state index contributed by atoms with van der Waals surface area (Å²) >= 11 is 0. The summed E-state index contributed by atoms with van der Waals surface area (Å²) in [6, 6.07) is 0. The van der Waals surface area contributed by atoms with Crippen LogP contribution in [0.1, 0.15) is 167 Å². The summed E-state index contributed by atoms with van der Waals surface area (Å²) in [4.78, 5) is 25.1. The minimum Gasteiger partial charge on any atom is -0.459 e. The Bertz CT molecular complexity index is 758. The second-order valence-corrected chi connectivity index (χ2v) is 15.4. The van der Waals surface area contributed by atoms with Crippen molar-refractivity contribution in [2.24, 2.45) is 22.7 Å². The van der Waals surface area contributed by atoms with Crippen molar-refractivity contribution in [2.75, 3.05) is 13.2 Å². The zero-order valence-corrected chi connectivity index (χ0v) is 30.2. The van der Waals surface area contributed by atoms with Gasteiger partial charge in [0.1, 0.15) is 11.2 Å². The maximum absolute atomic E-state index is 12.6. The molecule has 0 aromatic rings. The Morgan fingerprint density at radius 1 is 0.833 bits per heavy atom. The molecule has 4 atom stereocenters. The van der Waals surface area contributed by atoms with Gasteiger partial charge in [-0.25, -0.2) is 4.79 Å². The van der Waals surface area contributed by atoms with E-state index in [0.29, 0.717) is 31.4 Å². The van der Waals surface area contributed by atoms with Crippen LogP contribution in [0.2, 0.25) is 0 Å². The predicted octanol–water partition coefficient (Wildman–Crippen LogP) is 10.3. The van der Waals surface area contributed by atoms with Crippen LogP contribution in [0.3, 0.4) is 0 Å². The van der Waals surface area contributed by atoms with Gasteiger partial charge in [-0.3, -0.25) is 4.79 Å². The second kappa shape index (κ2) is 19.2. The molecule has 0 rings (SSSR count). The molecule has 1 amide bonds. The van der Waals surface area contributed by atoms with Gasteiger partial charge in [-0.1, -0.05) is 94.4 Å². The zero-order valence-electron chi connectivity index (χ0n) is 30.2. The number of unbranched alkanes of at least 4 members (excludes halogenated alkanes) is 3. The summed E-state index contributed by atoms with van der Waals surface area (Å²) in [5, 5.41) is 2.85. The molecule has 250 valence electrons. The molecule has 0 radical (unpaired) electrons. The van der Waals surface area contributed by atoms with Crippen LogP contribution in [0, 0.1) is 22.7 Å². The molecular formula is C36H71NO5. The van der Waals surface area contributed by atoms with Crippen LogP contribution in [0.5, 0.6) is 0 Å². The van der Waals surface area contributed by atoms with E-state index in [-0.39, 0.29) is 28.5 Å². The van der Waals surface area contributed by atoms with Crippen LogP contribution in [0.4, 0.5) is 4.79 Å². The number of carbonyl (C=O) groups excluding carboxylic acids is 2. The predicted molar refractivity (Wildman–Crippen MR) is 177 cm³/mol. The number of carbonyl (C=O) groups is 2. The van der Waals surface area contributed by atoms with Gasteiger partial charge in [0.05, 0.1) is 12.7 Å².